The summed E-state index contributed by atoms with van der Waals surface area (Å²) in [7, 11) is 0. The summed E-state index contributed by atoms with van der Waals surface area (Å²) in [5, 5.41) is 0. The van der Waals surface area contributed by atoms with Gasteiger partial charge in [0.2, 0.25) is 0 Å². The zero-order valence-corrected chi connectivity index (χ0v) is 6.47. The summed E-state index contributed by atoms with van der Waals surface area (Å²) < 4.78 is 0. The van der Waals surface area contributed by atoms with Gasteiger partial charge in [0.15, 0.2) is 0 Å². The normalized spacial score (nSPS) is 30.5. The first kappa shape index (κ1) is 6.85. The summed E-state index contributed by atoms with van der Waals surface area (Å²) in [4.78, 5) is 9.35. The van der Waals surface area contributed by atoms with E-state index >= 15 is 0 Å². The summed E-state index contributed by atoms with van der Waals surface area (Å²) in [6.45, 7) is 0.786. The Morgan fingerprint density at radius 2 is 2.45 bits per heavy atom. The van der Waals surface area contributed by atoms with E-state index in [2.05, 4.69) is 10.5 Å². The van der Waals surface area contributed by atoms with Crippen LogP contribution in [0, 0.1) is 0 Å². The molecule has 0 saturated carbocycles. The standard InChI is InChI=1S/C8H12N2O/c1-2-5-9-7(3-1)8-4-6-11-10-8/h5,10H,1-4,6H2. The van der Waals surface area contributed by atoms with Gasteiger partial charge in [0.25, 0.3) is 0 Å². The van der Waals surface area contributed by atoms with Gasteiger partial charge in [0.05, 0.1) is 18.0 Å². The quantitative estimate of drug-likeness (QED) is 0.569. The van der Waals surface area contributed by atoms with Gasteiger partial charge in [-0.15, -0.1) is 0 Å². The molecule has 0 unspecified atom stereocenters. The zero-order chi connectivity index (χ0) is 7.52. The maximum Gasteiger partial charge on any atom is 0.0801 e. The van der Waals surface area contributed by atoms with E-state index in [0.29, 0.717) is 0 Å². The minimum absolute atomic E-state index is 0.786. The van der Waals surface area contributed by atoms with E-state index in [1.54, 1.807) is 0 Å². The van der Waals surface area contributed by atoms with Crippen molar-refractivity contribution in [1.29, 1.82) is 0 Å². The predicted octanol–water partition coefficient (Wildman–Crippen LogP) is 1.38. The average molecular weight is 152 g/mol. The molecule has 0 bridgehead atoms. The first-order chi connectivity index (χ1) is 5.47. The van der Waals surface area contributed by atoms with Crippen LogP contribution < -0.4 is 5.48 Å². The van der Waals surface area contributed by atoms with Crippen LogP contribution in [0.3, 0.4) is 0 Å². The molecule has 1 N–H and O–H groups in total. The Balaban J connectivity index is 2.16. The second kappa shape index (κ2) is 3.05. The molecule has 2 rings (SSSR count). The van der Waals surface area contributed by atoms with Crippen molar-refractivity contribution in [2.24, 2.45) is 4.99 Å². The second-order valence-corrected chi connectivity index (χ2v) is 2.83. The van der Waals surface area contributed by atoms with Crippen LogP contribution in [-0.4, -0.2) is 12.8 Å². The molecule has 1 fully saturated rings. The maximum absolute atomic E-state index is 5.03. The van der Waals surface area contributed by atoms with E-state index in [1.165, 1.54) is 17.8 Å². The van der Waals surface area contributed by atoms with Crippen LogP contribution in [0.25, 0.3) is 0 Å². The Hall–Kier alpha value is -0.830. The molecule has 0 aromatic rings. The first-order valence-corrected chi connectivity index (χ1v) is 4.09. The number of allylic oxidation sites excluding steroid dienone is 1. The molecule has 60 valence electrons. The van der Waals surface area contributed by atoms with Gasteiger partial charge >= 0.3 is 0 Å². The molecule has 3 heteroatoms. The third-order valence-corrected chi connectivity index (χ3v) is 1.99. The molecule has 3 nitrogen and oxygen atoms in total. The van der Waals surface area contributed by atoms with Crippen molar-refractivity contribution >= 4 is 6.21 Å². The summed E-state index contributed by atoms with van der Waals surface area (Å²) >= 11 is 0. The number of nitrogens with one attached hydrogen (secondary N) is 1. The highest BCUT2D eigenvalue weighted by atomic mass is 16.7. The van der Waals surface area contributed by atoms with E-state index in [0.717, 1.165) is 25.9 Å². The van der Waals surface area contributed by atoms with Gasteiger partial charge in [-0.3, -0.25) is 15.3 Å². The zero-order valence-electron chi connectivity index (χ0n) is 6.47. The van der Waals surface area contributed by atoms with Crippen LogP contribution in [-0.2, 0) is 4.84 Å². The molecule has 11 heavy (non-hydrogen) atoms. The average Bonchev–Trinajstić information content (AvgIpc) is 2.58. The molecule has 0 amide bonds. The lowest BCUT2D eigenvalue weighted by atomic mass is 10.1. The Morgan fingerprint density at radius 3 is 3.09 bits per heavy atom. The van der Waals surface area contributed by atoms with E-state index in [4.69, 9.17) is 4.84 Å². The van der Waals surface area contributed by atoms with Gasteiger partial charge in [-0.2, -0.15) is 0 Å². The molecule has 0 atom stereocenters. The van der Waals surface area contributed by atoms with Crippen LogP contribution in [0.4, 0.5) is 0 Å². The van der Waals surface area contributed by atoms with Gasteiger partial charge in [0, 0.05) is 12.6 Å². The lowest BCUT2D eigenvalue weighted by molar-refractivity contribution is 0.111. The second-order valence-electron chi connectivity index (χ2n) is 2.83. The minimum Gasteiger partial charge on any atom is -0.276 e. The topological polar surface area (TPSA) is 33.6 Å². The first-order valence-electron chi connectivity index (χ1n) is 4.09. The molecule has 0 aromatic heterocycles. The van der Waals surface area contributed by atoms with E-state index in [1.807, 2.05) is 6.21 Å². The predicted molar refractivity (Wildman–Crippen MR) is 43.1 cm³/mol. The van der Waals surface area contributed by atoms with Gasteiger partial charge < -0.3 is 0 Å². The van der Waals surface area contributed by atoms with Crippen molar-refractivity contribution in [3.8, 4) is 0 Å². The molecule has 2 aliphatic heterocycles. The molecule has 0 radical (unpaired) electrons. The van der Waals surface area contributed by atoms with Crippen molar-refractivity contribution < 1.29 is 4.84 Å². The fraction of sp³-hybridized carbons (Fsp3) is 0.625. The largest absolute Gasteiger partial charge is 0.276 e. The van der Waals surface area contributed by atoms with Crippen molar-refractivity contribution in [1.82, 2.24) is 5.48 Å². The molecular weight excluding hydrogens is 140 g/mol. The number of hydrogen-bond donors (Lipinski definition) is 1. The number of rotatable bonds is 0. The van der Waals surface area contributed by atoms with E-state index < -0.39 is 0 Å². The summed E-state index contributed by atoms with van der Waals surface area (Å²) in [6, 6.07) is 0. The van der Waals surface area contributed by atoms with Crippen LogP contribution in [0.15, 0.2) is 16.4 Å². The van der Waals surface area contributed by atoms with Crippen LogP contribution >= 0.6 is 0 Å². The Morgan fingerprint density at radius 1 is 1.45 bits per heavy atom. The number of aliphatic imine (C=N–C) groups is 1. The highest BCUT2D eigenvalue weighted by molar-refractivity contribution is 5.60. The minimum atomic E-state index is 0.786. The van der Waals surface area contributed by atoms with Gasteiger partial charge in [-0.25, -0.2) is 0 Å². The summed E-state index contributed by atoms with van der Waals surface area (Å²) in [5.74, 6) is 0. The number of nitrogens with zero attached hydrogens (tertiary/aromatic N) is 1. The molecule has 1 saturated heterocycles. The fourth-order valence-corrected chi connectivity index (χ4v) is 1.37. The Labute approximate surface area is 66.1 Å². The Kier molecular flexibility index (Phi) is 1.90. The summed E-state index contributed by atoms with van der Waals surface area (Å²) in [6.07, 6.45) is 6.43. The van der Waals surface area contributed by atoms with E-state index in [-0.39, 0.29) is 0 Å². The molecule has 0 aromatic carbocycles. The number of hydroxylamine groups is 1. The van der Waals surface area contributed by atoms with Crippen molar-refractivity contribution in [2.45, 2.75) is 25.7 Å². The monoisotopic (exact) mass is 152 g/mol. The molecular formula is C8H12N2O. The molecule has 2 heterocycles. The lowest BCUT2D eigenvalue weighted by Crippen LogP contribution is -2.06. The fourth-order valence-electron chi connectivity index (χ4n) is 1.37. The van der Waals surface area contributed by atoms with Crippen molar-refractivity contribution in [3.63, 3.8) is 0 Å². The highest BCUT2D eigenvalue weighted by Gasteiger charge is 2.12. The van der Waals surface area contributed by atoms with Crippen LogP contribution in [0.2, 0.25) is 0 Å². The van der Waals surface area contributed by atoms with Crippen molar-refractivity contribution in [2.75, 3.05) is 6.61 Å². The molecule has 2 aliphatic rings. The lowest BCUT2D eigenvalue weighted by Gasteiger charge is -2.08. The smallest absolute Gasteiger partial charge is 0.0801 e. The van der Waals surface area contributed by atoms with Crippen LogP contribution in [0.1, 0.15) is 25.7 Å². The summed E-state index contributed by atoms with van der Waals surface area (Å²) in [5.41, 5.74) is 5.26. The third-order valence-electron chi connectivity index (χ3n) is 1.99. The van der Waals surface area contributed by atoms with Gasteiger partial charge in [0.1, 0.15) is 0 Å². The SMILES string of the molecule is C1=NC(=C2CCON2)CCC1. The highest BCUT2D eigenvalue weighted by Crippen LogP contribution is 2.20. The Bertz CT molecular complexity index is 200. The van der Waals surface area contributed by atoms with E-state index in [9.17, 15) is 0 Å². The third kappa shape index (κ3) is 1.43. The van der Waals surface area contributed by atoms with Crippen molar-refractivity contribution in [3.05, 3.63) is 11.4 Å². The molecule has 0 spiro atoms. The number of hydrogen-bond acceptors (Lipinski definition) is 3. The maximum atomic E-state index is 5.03. The van der Waals surface area contributed by atoms with Crippen LogP contribution in [0.5, 0.6) is 0 Å². The van der Waals surface area contributed by atoms with Gasteiger partial charge in [-0.1, -0.05) is 0 Å². The molecule has 0 aliphatic carbocycles. The van der Waals surface area contributed by atoms with Gasteiger partial charge in [-0.05, 0) is 19.3 Å².